The molecule has 4 heteroatoms. The summed E-state index contributed by atoms with van der Waals surface area (Å²) in [6.07, 6.45) is 2.35. The SMILES string of the molecule is C1COOPC1.N. The van der Waals surface area contributed by atoms with Gasteiger partial charge in [0, 0.05) is 0 Å². The fourth-order valence-corrected chi connectivity index (χ4v) is 0.867. The van der Waals surface area contributed by atoms with Crippen LogP contribution in [0.25, 0.3) is 0 Å². The molecule has 1 rings (SSSR count). The van der Waals surface area contributed by atoms with Crippen LogP contribution in [0.3, 0.4) is 0 Å². The fourth-order valence-electron chi connectivity index (χ4n) is 0.328. The average Bonchev–Trinajstić information content (AvgIpc) is 1.72. The van der Waals surface area contributed by atoms with E-state index in [4.69, 9.17) is 0 Å². The van der Waals surface area contributed by atoms with Crippen molar-refractivity contribution in [2.45, 2.75) is 6.42 Å². The summed E-state index contributed by atoms with van der Waals surface area (Å²) in [5, 5.41) is 0. The lowest BCUT2D eigenvalue weighted by Gasteiger charge is -2.07. The first-order chi connectivity index (χ1) is 3.00. The first-order valence-corrected chi connectivity index (χ1v) is 3.13. The van der Waals surface area contributed by atoms with Gasteiger partial charge in [-0.3, -0.25) is 0 Å². The molecule has 1 unspecified atom stereocenters. The second-order valence-electron chi connectivity index (χ2n) is 1.15. The number of rotatable bonds is 0. The highest BCUT2D eigenvalue weighted by Gasteiger charge is 1.96. The van der Waals surface area contributed by atoms with Crippen molar-refractivity contribution in [1.82, 2.24) is 6.15 Å². The summed E-state index contributed by atoms with van der Waals surface area (Å²) in [5.41, 5.74) is 0. The highest BCUT2D eigenvalue weighted by atomic mass is 31.1. The highest BCUT2D eigenvalue weighted by molar-refractivity contribution is 7.32. The Bertz CT molecular complexity index is 28.4. The van der Waals surface area contributed by atoms with E-state index in [1.165, 1.54) is 12.6 Å². The van der Waals surface area contributed by atoms with Crippen LogP contribution >= 0.6 is 8.81 Å². The summed E-state index contributed by atoms with van der Waals surface area (Å²) in [5.74, 6) is 0. The molecule has 0 aromatic rings. The van der Waals surface area contributed by atoms with Gasteiger partial charge < -0.3 is 6.15 Å². The molecule has 1 fully saturated rings. The van der Waals surface area contributed by atoms with E-state index in [2.05, 4.69) is 9.56 Å². The van der Waals surface area contributed by atoms with Gasteiger partial charge >= 0.3 is 0 Å². The summed E-state index contributed by atoms with van der Waals surface area (Å²) in [6, 6.07) is 0. The average molecular weight is 123 g/mol. The van der Waals surface area contributed by atoms with Crippen molar-refractivity contribution in [2.24, 2.45) is 0 Å². The van der Waals surface area contributed by atoms with Crippen molar-refractivity contribution in [3.63, 3.8) is 0 Å². The number of hydrogen-bond acceptors (Lipinski definition) is 3. The molecule has 0 radical (unpaired) electrons. The maximum absolute atomic E-state index is 4.60. The largest absolute Gasteiger partial charge is 0.344 e. The Hall–Kier alpha value is 0.310. The number of hydrogen-bond donors (Lipinski definition) is 1. The Morgan fingerprint density at radius 3 is 2.43 bits per heavy atom. The van der Waals surface area contributed by atoms with E-state index in [0.29, 0.717) is 8.81 Å². The van der Waals surface area contributed by atoms with Crippen LogP contribution in [-0.2, 0) is 9.56 Å². The molecule has 0 spiro atoms. The van der Waals surface area contributed by atoms with Gasteiger partial charge in [0.2, 0.25) is 0 Å². The Balaban J connectivity index is 0.000000360. The zero-order chi connectivity index (χ0) is 4.24. The molecule has 1 heterocycles. The lowest BCUT2D eigenvalue weighted by Crippen LogP contribution is -1.98. The van der Waals surface area contributed by atoms with Gasteiger partial charge in [-0.2, -0.15) is 0 Å². The van der Waals surface area contributed by atoms with Crippen LogP contribution in [0.4, 0.5) is 0 Å². The van der Waals surface area contributed by atoms with Crippen LogP contribution in [0.15, 0.2) is 0 Å². The molecule has 0 saturated carbocycles. The van der Waals surface area contributed by atoms with Crippen molar-refractivity contribution in [1.29, 1.82) is 0 Å². The van der Waals surface area contributed by atoms with E-state index < -0.39 is 0 Å². The van der Waals surface area contributed by atoms with E-state index in [1.807, 2.05) is 0 Å². The highest BCUT2D eigenvalue weighted by Crippen LogP contribution is 2.17. The van der Waals surface area contributed by atoms with Crippen LogP contribution in [0, 0.1) is 0 Å². The van der Waals surface area contributed by atoms with Crippen molar-refractivity contribution >= 4 is 8.81 Å². The lowest BCUT2D eigenvalue weighted by atomic mass is 10.5. The van der Waals surface area contributed by atoms with Gasteiger partial charge in [-0.05, 0) is 12.6 Å². The smallest absolute Gasteiger partial charge is 0.0829 e. The van der Waals surface area contributed by atoms with Crippen molar-refractivity contribution in [3.05, 3.63) is 0 Å². The third kappa shape index (κ3) is 2.94. The molecule has 0 aromatic heterocycles. The first kappa shape index (κ1) is 7.31. The molecule has 7 heavy (non-hydrogen) atoms. The van der Waals surface area contributed by atoms with Gasteiger partial charge in [0.15, 0.2) is 0 Å². The topological polar surface area (TPSA) is 53.5 Å². The Morgan fingerprint density at radius 2 is 2.29 bits per heavy atom. The van der Waals surface area contributed by atoms with Gasteiger partial charge in [-0.15, -0.1) is 0 Å². The van der Waals surface area contributed by atoms with Crippen LogP contribution < -0.4 is 6.15 Å². The monoisotopic (exact) mass is 123 g/mol. The molecule has 1 saturated heterocycles. The molecule has 0 amide bonds. The van der Waals surface area contributed by atoms with E-state index in [0.717, 1.165) is 6.61 Å². The Morgan fingerprint density at radius 1 is 1.43 bits per heavy atom. The van der Waals surface area contributed by atoms with Gasteiger partial charge in [0.1, 0.15) is 0 Å². The first-order valence-electron chi connectivity index (χ1n) is 2.01. The molecule has 0 aromatic carbocycles. The van der Waals surface area contributed by atoms with Crippen LogP contribution in [-0.4, -0.2) is 12.8 Å². The van der Waals surface area contributed by atoms with Gasteiger partial charge in [-0.25, -0.2) is 9.56 Å². The third-order valence-electron chi connectivity index (χ3n) is 0.624. The molecule has 1 atom stereocenters. The summed E-state index contributed by atoms with van der Waals surface area (Å²) in [7, 11) is 0.579. The lowest BCUT2D eigenvalue weighted by molar-refractivity contribution is -0.202. The standard InChI is InChI=1S/C3H7O2P.H3N/c1-2-4-5-6-3-1;/h6H,1-3H2;1H3. The van der Waals surface area contributed by atoms with E-state index in [1.54, 1.807) is 0 Å². The van der Waals surface area contributed by atoms with Crippen molar-refractivity contribution in [3.8, 4) is 0 Å². The van der Waals surface area contributed by atoms with Crippen molar-refractivity contribution < 1.29 is 9.56 Å². The molecular formula is C3H10NO2P. The fraction of sp³-hybridized carbons (Fsp3) is 1.00. The maximum atomic E-state index is 4.60. The van der Waals surface area contributed by atoms with Crippen LogP contribution in [0.1, 0.15) is 6.42 Å². The molecule has 3 nitrogen and oxygen atoms in total. The molecule has 3 N–H and O–H groups in total. The Kier molecular flexibility index (Phi) is 4.67. The predicted octanol–water partition coefficient (Wildman–Crippen LogP) is 1.09. The quantitative estimate of drug-likeness (QED) is 0.387. The molecule has 0 bridgehead atoms. The van der Waals surface area contributed by atoms with Gasteiger partial charge in [-0.1, -0.05) is 0 Å². The van der Waals surface area contributed by atoms with E-state index >= 15 is 0 Å². The Labute approximate surface area is 44.8 Å². The summed E-state index contributed by atoms with van der Waals surface area (Å²) in [6.45, 7) is 0.785. The molecular weight excluding hydrogens is 113 g/mol. The summed E-state index contributed by atoms with van der Waals surface area (Å²) in [4.78, 5) is 4.58. The van der Waals surface area contributed by atoms with E-state index in [9.17, 15) is 0 Å². The maximum Gasteiger partial charge on any atom is 0.0829 e. The van der Waals surface area contributed by atoms with Gasteiger partial charge in [0.05, 0.1) is 15.4 Å². The van der Waals surface area contributed by atoms with Crippen LogP contribution in [0.2, 0.25) is 0 Å². The predicted molar refractivity (Wildman–Crippen MR) is 29.9 cm³/mol. The minimum atomic E-state index is 0. The summed E-state index contributed by atoms with van der Waals surface area (Å²) < 4.78 is 4.60. The van der Waals surface area contributed by atoms with E-state index in [-0.39, 0.29) is 6.15 Å². The second kappa shape index (κ2) is 4.47. The minimum Gasteiger partial charge on any atom is -0.344 e. The molecule has 1 aliphatic heterocycles. The third-order valence-corrected chi connectivity index (χ3v) is 1.42. The van der Waals surface area contributed by atoms with Crippen molar-refractivity contribution in [2.75, 3.05) is 12.8 Å². The summed E-state index contributed by atoms with van der Waals surface area (Å²) >= 11 is 0. The molecule has 1 aliphatic rings. The van der Waals surface area contributed by atoms with Gasteiger partial charge in [0.25, 0.3) is 0 Å². The normalized spacial score (nSPS) is 24.0. The second-order valence-corrected chi connectivity index (χ2v) is 2.11. The molecule has 0 aliphatic carbocycles. The zero-order valence-corrected chi connectivity index (χ0v) is 5.14. The minimum absolute atomic E-state index is 0. The zero-order valence-electron chi connectivity index (χ0n) is 4.14. The van der Waals surface area contributed by atoms with Crippen LogP contribution in [0.5, 0.6) is 0 Å². The molecule has 44 valence electrons.